The Labute approximate surface area is 109 Å². The van der Waals surface area contributed by atoms with Gasteiger partial charge in [-0.05, 0) is 19.9 Å². The number of nitrogens with one attached hydrogen (secondary N) is 2. The molecule has 0 saturated carbocycles. The van der Waals surface area contributed by atoms with E-state index in [4.69, 9.17) is 5.11 Å². The molecule has 2 aromatic heterocycles. The summed E-state index contributed by atoms with van der Waals surface area (Å²) in [5.74, 6) is -0.228. The fourth-order valence-corrected chi connectivity index (χ4v) is 2.13. The molecule has 0 aromatic carbocycles. The number of aromatic nitrogens is 2. The third-order valence-electron chi connectivity index (χ3n) is 2.40. The van der Waals surface area contributed by atoms with Crippen molar-refractivity contribution in [2.24, 2.45) is 0 Å². The van der Waals surface area contributed by atoms with Gasteiger partial charge in [-0.2, -0.15) is 0 Å². The molecule has 5 nitrogen and oxygen atoms in total. The average molecular weight is 265 g/mol. The van der Waals surface area contributed by atoms with Gasteiger partial charge in [0, 0.05) is 23.7 Å². The van der Waals surface area contributed by atoms with Crippen molar-refractivity contribution in [3.05, 3.63) is 28.3 Å². The van der Waals surface area contributed by atoms with Crippen molar-refractivity contribution in [2.45, 2.75) is 20.0 Å². The molecule has 2 heterocycles. The minimum atomic E-state index is -0.551. The van der Waals surface area contributed by atoms with Crippen LogP contribution in [0.3, 0.4) is 0 Å². The average Bonchev–Trinajstić information content (AvgIpc) is 2.93. The molecule has 0 bridgehead atoms. The molecule has 0 aliphatic carbocycles. The molecular formula is C12H15N3O2S. The summed E-state index contributed by atoms with van der Waals surface area (Å²) in [5, 5.41) is 14.7. The highest BCUT2D eigenvalue weighted by atomic mass is 32.1. The fraction of sp³-hybridized carbons (Fsp3) is 0.333. The van der Waals surface area contributed by atoms with E-state index in [9.17, 15) is 4.79 Å². The highest BCUT2D eigenvalue weighted by Gasteiger charge is 2.11. The molecule has 0 aliphatic heterocycles. The van der Waals surface area contributed by atoms with Crippen LogP contribution in [-0.4, -0.2) is 33.6 Å². The molecule has 2 rings (SSSR count). The predicted octanol–water partition coefficient (Wildman–Crippen LogP) is 1.56. The van der Waals surface area contributed by atoms with E-state index < -0.39 is 6.10 Å². The van der Waals surface area contributed by atoms with E-state index in [1.807, 2.05) is 12.3 Å². The number of hydrogen-bond donors (Lipinski definition) is 3. The number of nitrogens with zero attached hydrogens (tertiary/aromatic N) is 1. The molecule has 0 spiro atoms. The number of aliphatic hydroxyl groups excluding tert-OH is 1. The molecule has 0 saturated heterocycles. The van der Waals surface area contributed by atoms with E-state index in [1.54, 1.807) is 30.5 Å². The summed E-state index contributed by atoms with van der Waals surface area (Å²) in [5.41, 5.74) is 2.22. The van der Waals surface area contributed by atoms with Crippen LogP contribution in [0.5, 0.6) is 0 Å². The predicted molar refractivity (Wildman–Crippen MR) is 70.7 cm³/mol. The highest BCUT2D eigenvalue weighted by molar-refractivity contribution is 7.09. The maximum absolute atomic E-state index is 11.7. The second-order valence-electron chi connectivity index (χ2n) is 4.11. The van der Waals surface area contributed by atoms with Crippen LogP contribution in [0.25, 0.3) is 11.3 Å². The molecule has 0 aliphatic rings. The Hall–Kier alpha value is -1.66. The van der Waals surface area contributed by atoms with Gasteiger partial charge in [0.2, 0.25) is 0 Å². The van der Waals surface area contributed by atoms with Crippen molar-refractivity contribution in [3.8, 4) is 11.3 Å². The molecule has 6 heteroatoms. The lowest BCUT2D eigenvalue weighted by atomic mass is 10.2. The summed E-state index contributed by atoms with van der Waals surface area (Å²) in [7, 11) is 0. The summed E-state index contributed by atoms with van der Waals surface area (Å²) < 4.78 is 0. The minimum Gasteiger partial charge on any atom is -0.392 e. The van der Waals surface area contributed by atoms with Crippen molar-refractivity contribution >= 4 is 17.2 Å². The second-order valence-corrected chi connectivity index (χ2v) is 5.18. The number of hydrogen-bond acceptors (Lipinski definition) is 4. The van der Waals surface area contributed by atoms with Gasteiger partial charge in [0.05, 0.1) is 16.8 Å². The molecule has 0 radical (unpaired) electrons. The van der Waals surface area contributed by atoms with Gasteiger partial charge in [0.25, 0.3) is 5.91 Å². The number of carbonyl (C=O) groups is 1. The standard InChI is InChI=1S/C12H15N3O2S/c1-7(16)4-14-12(17)10-3-9(5-13-10)11-6-18-8(2)15-11/h3,5-7,13,16H,4H2,1-2H3,(H,14,17). The molecule has 1 unspecified atom stereocenters. The number of amides is 1. The highest BCUT2D eigenvalue weighted by Crippen LogP contribution is 2.22. The Morgan fingerprint density at radius 2 is 2.44 bits per heavy atom. The van der Waals surface area contributed by atoms with E-state index in [1.165, 1.54) is 0 Å². The monoisotopic (exact) mass is 265 g/mol. The van der Waals surface area contributed by atoms with Crippen LogP contribution < -0.4 is 5.32 Å². The van der Waals surface area contributed by atoms with Crippen molar-refractivity contribution < 1.29 is 9.90 Å². The molecule has 3 N–H and O–H groups in total. The van der Waals surface area contributed by atoms with Crippen LogP contribution in [0.1, 0.15) is 22.4 Å². The lowest BCUT2D eigenvalue weighted by Crippen LogP contribution is -2.30. The van der Waals surface area contributed by atoms with Crippen LogP contribution in [-0.2, 0) is 0 Å². The fourth-order valence-electron chi connectivity index (χ4n) is 1.50. The van der Waals surface area contributed by atoms with Gasteiger partial charge in [0.15, 0.2) is 0 Å². The Morgan fingerprint density at radius 1 is 1.67 bits per heavy atom. The van der Waals surface area contributed by atoms with E-state index in [-0.39, 0.29) is 12.5 Å². The largest absolute Gasteiger partial charge is 0.392 e. The van der Waals surface area contributed by atoms with E-state index in [0.717, 1.165) is 16.3 Å². The Bertz CT molecular complexity index is 545. The van der Waals surface area contributed by atoms with Crippen LogP contribution in [0.2, 0.25) is 0 Å². The molecule has 1 amide bonds. The first-order valence-electron chi connectivity index (χ1n) is 5.63. The Morgan fingerprint density at radius 3 is 3.06 bits per heavy atom. The second kappa shape index (κ2) is 5.32. The third-order valence-corrected chi connectivity index (χ3v) is 3.17. The van der Waals surface area contributed by atoms with E-state index in [2.05, 4.69) is 15.3 Å². The number of carbonyl (C=O) groups excluding carboxylic acids is 1. The normalized spacial score (nSPS) is 12.4. The van der Waals surface area contributed by atoms with Gasteiger partial charge < -0.3 is 15.4 Å². The van der Waals surface area contributed by atoms with Gasteiger partial charge in [0.1, 0.15) is 5.69 Å². The first-order chi connectivity index (χ1) is 8.56. The number of aryl methyl sites for hydroxylation is 1. The summed E-state index contributed by atoms with van der Waals surface area (Å²) in [4.78, 5) is 19.0. The van der Waals surface area contributed by atoms with Crippen molar-refractivity contribution in [1.82, 2.24) is 15.3 Å². The summed E-state index contributed by atoms with van der Waals surface area (Å²) >= 11 is 1.57. The zero-order valence-electron chi connectivity index (χ0n) is 10.2. The third kappa shape index (κ3) is 2.96. The van der Waals surface area contributed by atoms with Crippen LogP contribution in [0, 0.1) is 6.92 Å². The van der Waals surface area contributed by atoms with E-state index >= 15 is 0 Å². The lowest BCUT2D eigenvalue weighted by Gasteiger charge is -2.05. The maximum atomic E-state index is 11.7. The molecule has 18 heavy (non-hydrogen) atoms. The number of thiazole rings is 1. The summed E-state index contributed by atoms with van der Waals surface area (Å²) in [6.07, 6.45) is 1.20. The zero-order chi connectivity index (χ0) is 13.1. The topological polar surface area (TPSA) is 78.0 Å². The Kier molecular flexibility index (Phi) is 3.78. The molecule has 0 fully saturated rings. The van der Waals surface area contributed by atoms with Gasteiger partial charge in [-0.1, -0.05) is 0 Å². The minimum absolute atomic E-state index is 0.228. The summed E-state index contributed by atoms with van der Waals surface area (Å²) in [6, 6.07) is 1.76. The number of H-pyrrole nitrogens is 1. The molecule has 96 valence electrons. The van der Waals surface area contributed by atoms with Crippen molar-refractivity contribution in [2.75, 3.05) is 6.54 Å². The SMILES string of the molecule is Cc1nc(-c2c[nH]c(C(=O)NCC(C)O)c2)cs1. The smallest absolute Gasteiger partial charge is 0.267 e. The number of rotatable bonds is 4. The van der Waals surface area contributed by atoms with Gasteiger partial charge in [-0.3, -0.25) is 4.79 Å². The van der Waals surface area contributed by atoms with Gasteiger partial charge >= 0.3 is 0 Å². The molecule has 1 atom stereocenters. The quantitative estimate of drug-likeness (QED) is 0.785. The van der Waals surface area contributed by atoms with Gasteiger partial charge in [-0.15, -0.1) is 11.3 Å². The maximum Gasteiger partial charge on any atom is 0.267 e. The lowest BCUT2D eigenvalue weighted by molar-refractivity contribution is 0.0919. The van der Waals surface area contributed by atoms with E-state index in [0.29, 0.717) is 5.69 Å². The first kappa shape index (κ1) is 12.8. The van der Waals surface area contributed by atoms with Gasteiger partial charge in [-0.25, -0.2) is 4.98 Å². The number of aliphatic hydroxyl groups is 1. The zero-order valence-corrected chi connectivity index (χ0v) is 11.0. The first-order valence-corrected chi connectivity index (χ1v) is 6.51. The molecular weight excluding hydrogens is 250 g/mol. The molecule has 2 aromatic rings. The Balaban J connectivity index is 2.08. The van der Waals surface area contributed by atoms with Crippen molar-refractivity contribution in [3.63, 3.8) is 0 Å². The summed E-state index contributed by atoms with van der Waals surface area (Å²) in [6.45, 7) is 3.80. The van der Waals surface area contributed by atoms with Crippen molar-refractivity contribution in [1.29, 1.82) is 0 Å². The van der Waals surface area contributed by atoms with Crippen LogP contribution in [0.4, 0.5) is 0 Å². The van der Waals surface area contributed by atoms with Crippen LogP contribution in [0.15, 0.2) is 17.6 Å². The number of aromatic amines is 1. The van der Waals surface area contributed by atoms with Crippen LogP contribution >= 0.6 is 11.3 Å².